The van der Waals surface area contributed by atoms with Crippen molar-refractivity contribution < 1.29 is 9.53 Å². The third kappa shape index (κ3) is 5.73. The number of ether oxygens (including phenoxy) is 1. The maximum Gasteiger partial charge on any atom is 0.258 e. The highest BCUT2D eigenvalue weighted by atomic mass is 35.5. The van der Waals surface area contributed by atoms with E-state index in [2.05, 4.69) is 27.7 Å². The lowest BCUT2D eigenvalue weighted by atomic mass is 10.2. The zero-order chi connectivity index (χ0) is 18.2. The summed E-state index contributed by atoms with van der Waals surface area (Å²) in [6.07, 6.45) is 5.06. The van der Waals surface area contributed by atoms with E-state index in [1.807, 2.05) is 6.07 Å². The molecule has 140 valence electrons. The molecule has 0 aliphatic carbocycles. The van der Waals surface area contributed by atoms with Gasteiger partial charge in [-0.05, 0) is 55.6 Å². The van der Waals surface area contributed by atoms with Gasteiger partial charge in [0.15, 0.2) is 6.61 Å². The minimum Gasteiger partial charge on any atom is -0.484 e. The number of likely N-dealkylation sites (tertiary alicyclic amines) is 1. The molecule has 2 heterocycles. The van der Waals surface area contributed by atoms with Crippen molar-refractivity contribution in [1.82, 2.24) is 10.2 Å². The van der Waals surface area contributed by atoms with Gasteiger partial charge in [0, 0.05) is 16.4 Å². The van der Waals surface area contributed by atoms with Crippen LogP contribution in [0.2, 0.25) is 5.02 Å². The molecule has 1 aliphatic rings. The van der Waals surface area contributed by atoms with Crippen molar-refractivity contribution in [2.45, 2.75) is 31.7 Å². The van der Waals surface area contributed by atoms with Crippen LogP contribution in [0.15, 0.2) is 41.8 Å². The van der Waals surface area contributed by atoms with Crippen LogP contribution in [0.4, 0.5) is 0 Å². The molecule has 1 aliphatic heterocycles. The summed E-state index contributed by atoms with van der Waals surface area (Å²) in [7, 11) is 0. The Morgan fingerprint density at radius 2 is 2.00 bits per heavy atom. The van der Waals surface area contributed by atoms with Crippen molar-refractivity contribution in [3.63, 3.8) is 0 Å². The van der Waals surface area contributed by atoms with E-state index >= 15 is 0 Å². The van der Waals surface area contributed by atoms with Crippen molar-refractivity contribution in [2.24, 2.45) is 0 Å². The van der Waals surface area contributed by atoms with Gasteiger partial charge in [0.1, 0.15) is 5.75 Å². The highest BCUT2D eigenvalue weighted by molar-refractivity contribution is 7.10. The number of amides is 1. The average molecular weight is 393 g/mol. The monoisotopic (exact) mass is 392 g/mol. The van der Waals surface area contributed by atoms with Crippen molar-refractivity contribution >= 4 is 28.8 Å². The second-order valence-corrected chi connectivity index (χ2v) is 7.95. The van der Waals surface area contributed by atoms with Crippen LogP contribution in [-0.2, 0) is 4.79 Å². The maximum atomic E-state index is 12.2. The van der Waals surface area contributed by atoms with Crippen molar-refractivity contribution in [1.29, 1.82) is 0 Å². The Hall–Kier alpha value is -1.56. The van der Waals surface area contributed by atoms with Gasteiger partial charge in [-0.1, -0.05) is 36.6 Å². The van der Waals surface area contributed by atoms with Crippen molar-refractivity contribution in [3.05, 3.63) is 51.7 Å². The number of rotatable bonds is 7. The molecule has 1 fully saturated rings. The Morgan fingerprint density at radius 1 is 1.19 bits per heavy atom. The lowest BCUT2D eigenvalue weighted by molar-refractivity contribution is -0.123. The summed E-state index contributed by atoms with van der Waals surface area (Å²) in [5.74, 6) is 0.497. The van der Waals surface area contributed by atoms with Crippen LogP contribution in [0.25, 0.3) is 0 Å². The standard InChI is InChI=1S/C20H25ClN2O2S/c21-16-7-5-8-17(13-16)25-15-20(24)22-14-18(19-9-6-12-26-19)23-10-3-1-2-4-11-23/h5-9,12-13,18H,1-4,10-11,14-15H2,(H,22,24)/t18-/m0/s1. The Bertz CT molecular complexity index is 685. The fourth-order valence-corrected chi connectivity index (χ4v) is 4.31. The van der Waals surface area contributed by atoms with Gasteiger partial charge >= 0.3 is 0 Å². The second-order valence-electron chi connectivity index (χ2n) is 6.53. The summed E-state index contributed by atoms with van der Waals surface area (Å²) in [6.45, 7) is 2.80. The molecule has 26 heavy (non-hydrogen) atoms. The number of hydrogen-bond donors (Lipinski definition) is 1. The molecule has 0 bridgehead atoms. The number of carbonyl (C=O) groups is 1. The number of thiophene rings is 1. The van der Waals surface area contributed by atoms with Gasteiger partial charge in [0.05, 0.1) is 6.04 Å². The first-order valence-corrected chi connectivity index (χ1v) is 10.4. The lowest BCUT2D eigenvalue weighted by Crippen LogP contribution is -2.39. The van der Waals surface area contributed by atoms with Crippen molar-refractivity contribution in [2.75, 3.05) is 26.2 Å². The van der Waals surface area contributed by atoms with Gasteiger partial charge in [0.2, 0.25) is 0 Å². The van der Waals surface area contributed by atoms with Crippen LogP contribution in [0.3, 0.4) is 0 Å². The van der Waals surface area contributed by atoms with Crippen LogP contribution < -0.4 is 10.1 Å². The highest BCUT2D eigenvalue weighted by Gasteiger charge is 2.23. The molecule has 1 saturated heterocycles. The number of nitrogens with zero attached hydrogens (tertiary/aromatic N) is 1. The number of carbonyl (C=O) groups excluding carboxylic acids is 1. The van der Waals surface area contributed by atoms with Crippen LogP contribution in [0.5, 0.6) is 5.75 Å². The first-order valence-electron chi connectivity index (χ1n) is 9.15. The molecule has 0 unspecified atom stereocenters. The quantitative estimate of drug-likeness (QED) is 0.753. The molecule has 1 aromatic carbocycles. The second kappa shape index (κ2) is 9.95. The molecular weight excluding hydrogens is 368 g/mol. The Kier molecular flexibility index (Phi) is 7.35. The molecule has 3 rings (SSSR count). The number of halogens is 1. The Balaban J connectivity index is 1.54. The number of benzene rings is 1. The smallest absolute Gasteiger partial charge is 0.258 e. The van der Waals surface area contributed by atoms with E-state index in [1.165, 1.54) is 30.6 Å². The molecule has 1 N–H and O–H groups in total. The molecule has 2 aromatic rings. The molecule has 1 atom stereocenters. The molecule has 1 amide bonds. The van der Waals surface area contributed by atoms with E-state index in [4.69, 9.17) is 16.3 Å². The summed E-state index contributed by atoms with van der Waals surface area (Å²) in [5.41, 5.74) is 0. The van der Waals surface area contributed by atoms with Crippen molar-refractivity contribution in [3.8, 4) is 5.75 Å². The number of nitrogens with one attached hydrogen (secondary N) is 1. The van der Waals surface area contributed by atoms with E-state index in [1.54, 1.807) is 29.5 Å². The highest BCUT2D eigenvalue weighted by Crippen LogP contribution is 2.27. The van der Waals surface area contributed by atoms with Crippen LogP contribution in [-0.4, -0.2) is 37.0 Å². The maximum absolute atomic E-state index is 12.2. The summed E-state index contributed by atoms with van der Waals surface area (Å²) >= 11 is 7.69. The van der Waals surface area contributed by atoms with E-state index < -0.39 is 0 Å². The third-order valence-electron chi connectivity index (χ3n) is 4.61. The third-order valence-corrected chi connectivity index (χ3v) is 5.82. The zero-order valence-electron chi connectivity index (χ0n) is 14.8. The summed E-state index contributed by atoms with van der Waals surface area (Å²) in [4.78, 5) is 16.1. The first-order chi connectivity index (χ1) is 12.7. The molecule has 0 spiro atoms. The fourth-order valence-electron chi connectivity index (χ4n) is 3.26. The van der Waals surface area contributed by atoms with Crippen LogP contribution >= 0.6 is 22.9 Å². The predicted molar refractivity (Wildman–Crippen MR) is 107 cm³/mol. The topological polar surface area (TPSA) is 41.6 Å². The van der Waals surface area contributed by atoms with E-state index in [-0.39, 0.29) is 18.6 Å². The normalized spacial score (nSPS) is 16.7. The minimum absolute atomic E-state index is 0.00248. The average Bonchev–Trinajstić information content (AvgIpc) is 3.03. The van der Waals surface area contributed by atoms with Gasteiger partial charge in [-0.15, -0.1) is 11.3 Å². The van der Waals surface area contributed by atoms with Crippen LogP contribution in [0.1, 0.15) is 36.6 Å². The molecule has 6 heteroatoms. The fraction of sp³-hybridized carbons (Fsp3) is 0.450. The van der Waals surface area contributed by atoms with Gasteiger partial charge < -0.3 is 10.1 Å². The van der Waals surface area contributed by atoms with Gasteiger partial charge in [0.25, 0.3) is 5.91 Å². The minimum atomic E-state index is -0.110. The van der Waals surface area contributed by atoms with E-state index in [0.717, 1.165) is 13.1 Å². The number of hydrogen-bond acceptors (Lipinski definition) is 4. The zero-order valence-corrected chi connectivity index (χ0v) is 16.4. The molecule has 1 aromatic heterocycles. The Morgan fingerprint density at radius 3 is 2.69 bits per heavy atom. The first kappa shape index (κ1) is 19.2. The lowest BCUT2D eigenvalue weighted by Gasteiger charge is -2.30. The summed E-state index contributed by atoms with van der Waals surface area (Å²) < 4.78 is 5.53. The molecule has 4 nitrogen and oxygen atoms in total. The van der Waals surface area contributed by atoms with Gasteiger partial charge in [-0.3, -0.25) is 9.69 Å². The predicted octanol–water partition coefficient (Wildman–Crippen LogP) is 4.51. The molecule has 0 saturated carbocycles. The SMILES string of the molecule is O=C(COc1cccc(Cl)c1)NC[C@@H](c1cccs1)N1CCCCCC1. The molecule has 0 radical (unpaired) electrons. The van der Waals surface area contributed by atoms with Gasteiger partial charge in [-0.2, -0.15) is 0 Å². The summed E-state index contributed by atoms with van der Waals surface area (Å²) in [6, 6.07) is 11.6. The van der Waals surface area contributed by atoms with Crippen LogP contribution in [0, 0.1) is 0 Å². The van der Waals surface area contributed by atoms with E-state index in [0.29, 0.717) is 17.3 Å². The van der Waals surface area contributed by atoms with Gasteiger partial charge in [-0.25, -0.2) is 0 Å². The largest absolute Gasteiger partial charge is 0.484 e. The molecular formula is C20H25ClN2O2S. The Labute approximate surface area is 164 Å². The summed E-state index contributed by atoms with van der Waals surface area (Å²) in [5, 5.41) is 5.74. The van der Waals surface area contributed by atoms with E-state index in [9.17, 15) is 4.79 Å².